The number of ether oxygens (including phenoxy) is 2. The van der Waals surface area contributed by atoms with Crippen LogP contribution in [-0.2, 0) is 12.0 Å². The van der Waals surface area contributed by atoms with E-state index in [4.69, 9.17) is 14.6 Å². The summed E-state index contributed by atoms with van der Waals surface area (Å²) in [6, 6.07) is 14.7. The van der Waals surface area contributed by atoms with Crippen molar-refractivity contribution in [1.29, 1.82) is 0 Å². The maximum atomic E-state index is 14.8. The van der Waals surface area contributed by atoms with Crippen molar-refractivity contribution < 1.29 is 46.1 Å². The van der Waals surface area contributed by atoms with Crippen molar-refractivity contribution in [1.82, 2.24) is 15.3 Å². The van der Waals surface area contributed by atoms with Gasteiger partial charge in [0.25, 0.3) is 5.91 Å². The van der Waals surface area contributed by atoms with Crippen molar-refractivity contribution in [3.8, 4) is 11.6 Å². The lowest BCUT2D eigenvalue weighted by molar-refractivity contribution is -0.275. The zero-order valence-corrected chi connectivity index (χ0v) is 24.2. The maximum Gasteiger partial charge on any atom is 0.573 e. The highest BCUT2D eigenvalue weighted by atomic mass is 19.4. The van der Waals surface area contributed by atoms with Crippen LogP contribution in [0, 0.1) is 11.6 Å². The molecule has 2 heterocycles. The van der Waals surface area contributed by atoms with E-state index in [1.807, 2.05) is 51.1 Å². The fraction of sp³-hybridized carbons (Fsp3) is 0.226. The summed E-state index contributed by atoms with van der Waals surface area (Å²) >= 11 is 0. The van der Waals surface area contributed by atoms with E-state index in [0.717, 1.165) is 29.8 Å². The molecule has 0 bridgehead atoms. The van der Waals surface area contributed by atoms with Gasteiger partial charge in [-0.05, 0) is 46.9 Å². The molecule has 0 aliphatic carbocycles. The molecule has 0 saturated carbocycles. The molecule has 2 aromatic heterocycles. The molecule has 238 valence electrons. The minimum Gasteiger partial charge on any atom is -0.530 e. The summed E-state index contributed by atoms with van der Waals surface area (Å²) in [6.07, 6.45) is -4.14. The summed E-state index contributed by atoms with van der Waals surface area (Å²) in [5, 5.41) is 11.3. The van der Waals surface area contributed by atoms with Crippen LogP contribution in [0.25, 0.3) is 0 Å². The lowest BCUT2D eigenvalue weighted by Gasteiger charge is -2.24. The fourth-order valence-electron chi connectivity index (χ4n) is 3.99. The SMILES string of the molecule is CC(C)(C)c1cc(C(=O)N[C@@H](c2ccc(OC(F)(F)F)c(F)c2)c2ncccc2F)cnc1OCc1ccccc1.NC(=O)[O-]. The number of alkyl halides is 3. The van der Waals surface area contributed by atoms with Crippen molar-refractivity contribution in [2.45, 2.75) is 45.2 Å². The number of primary amides is 1. The topological polar surface area (TPSA) is 139 Å². The highest BCUT2D eigenvalue weighted by Crippen LogP contribution is 2.33. The number of hydrogen-bond donors (Lipinski definition) is 2. The van der Waals surface area contributed by atoms with Gasteiger partial charge in [-0.2, -0.15) is 0 Å². The van der Waals surface area contributed by atoms with Gasteiger partial charge in [-0.3, -0.25) is 9.78 Å². The van der Waals surface area contributed by atoms with E-state index in [0.29, 0.717) is 11.4 Å². The number of pyridine rings is 2. The zero-order chi connectivity index (χ0) is 33.4. The molecule has 0 unspecified atom stereocenters. The molecule has 0 aliphatic heterocycles. The highest BCUT2D eigenvalue weighted by Gasteiger charge is 2.33. The normalized spacial score (nSPS) is 11.9. The zero-order valence-electron chi connectivity index (χ0n) is 24.2. The Hall–Kier alpha value is -5.27. The number of benzene rings is 2. The number of nitrogens with one attached hydrogen (secondary N) is 1. The first-order valence-electron chi connectivity index (χ1n) is 13.2. The van der Waals surface area contributed by atoms with Crippen LogP contribution in [0.2, 0.25) is 0 Å². The van der Waals surface area contributed by atoms with E-state index in [-0.39, 0.29) is 23.4 Å². The minimum absolute atomic E-state index is 0.0604. The first-order chi connectivity index (χ1) is 21.0. The first-order valence-corrected chi connectivity index (χ1v) is 13.2. The molecule has 0 saturated heterocycles. The van der Waals surface area contributed by atoms with Gasteiger partial charge in [0, 0.05) is 18.0 Å². The molecule has 2 amide bonds. The average molecular weight is 632 g/mol. The van der Waals surface area contributed by atoms with E-state index in [9.17, 15) is 26.7 Å². The van der Waals surface area contributed by atoms with Crippen LogP contribution >= 0.6 is 0 Å². The number of carbonyl (C=O) groups is 2. The molecule has 4 aromatic rings. The summed E-state index contributed by atoms with van der Waals surface area (Å²) in [4.78, 5) is 30.4. The second kappa shape index (κ2) is 14.5. The van der Waals surface area contributed by atoms with Crippen LogP contribution < -0.4 is 25.6 Å². The Bertz CT molecular complexity index is 1630. The molecule has 3 N–H and O–H groups in total. The molecule has 0 spiro atoms. The van der Waals surface area contributed by atoms with Gasteiger partial charge in [-0.25, -0.2) is 13.8 Å². The van der Waals surface area contributed by atoms with Crippen LogP contribution in [0.5, 0.6) is 11.6 Å². The van der Waals surface area contributed by atoms with E-state index in [1.54, 1.807) is 6.07 Å². The molecule has 2 aromatic carbocycles. The number of halogens is 5. The van der Waals surface area contributed by atoms with E-state index in [2.05, 4.69) is 25.8 Å². The first kappa shape index (κ1) is 34.2. The summed E-state index contributed by atoms with van der Waals surface area (Å²) in [5.41, 5.74) is 4.75. The van der Waals surface area contributed by atoms with Crippen molar-refractivity contribution in [2.24, 2.45) is 5.73 Å². The van der Waals surface area contributed by atoms with Gasteiger partial charge in [0.05, 0.1) is 11.6 Å². The Morgan fingerprint density at radius 3 is 2.20 bits per heavy atom. The molecule has 9 nitrogen and oxygen atoms in total. The number of hydrogen-bond acceptors (Lipinski definition) is 7. The molecule has 1 atom stereocenters. The van der Waals surface area contributed by atoms with Crippen LogP contribution in [0.3, 0.4) is 0 Å². The van der Waals surface area contributed by atoms with E-state index < -0.39 is 47.2 Å². The van der Waals surface area contributed by atoms with Gasteiger partial charge in [0.15, 0.2) is 11.6 Å². The second-order valence-corrected chi connectivity index (χ2v) is 10.4. The van der Waals surface area contributed by atoms with Crippen molar-refractivity contribution >= 4 is 12.0 Å². The van der Waals surface area contributed by atoms with Gasteiger partial charge in [0.2, 0.25) is 5.88 Å². The van der Waals surface area contributed by atoms with Crippen LogP contribution in [0.4, 0.5) is 26.7 Å². The number of amides is 2. The molecule has 45 heavy (non-hydrogen) atoms. The second-order valence-electron chi connectivity index (χ2n) is 10.4. The Morgan fingerprint density at radius 2 is 1.62 bits per heavy atom. The molecule has 14 heteroatoms. The third kappa shape index (κ3) is 10.2. The van der Waals surface area contributed by atoms with E-state index >= 15 is 0 Å². The third-order valence-electron chi connectivity index (χ3n) is 5.99. The van der Waals surface area contributed by atoms with Gasteiger partial charge < -0.3 is 30.4 Å². The monoisotopic (exact) mass is 631 g/mol. The molecule has 0 aliphatic rings. The minimum atomic E-state index is -5.11. The van der Waals surface area contributed by atoms with Crippen molar-refractivity contribution in [2.75, 3.05) is 0 Å². The lowest BCUT2D eigenvalue weighted by atomic mass is 9.87. The predicted molar refractivity (Wildman–Crippen MR) is 150 cm³/mol. The number of nitrogens with two attached hydrogens (primary N) is 1. The molecular formula is C31H28F5N4O5-. The van der Waals surface area contributed by atoms with Crippen LogP contribution in [0.1, 0.15) is 59.6 Å². The number of aromatic nitrogens is 2. The van der Waals surface area contributed by atoms with Gasteiger partial charge >= 0.3 is 6.36 Å². The van der Waals surface area contributed by atoms with Crippen LogP contribution in [-0.4, -0.2) is 28.3 Å². The predicted octanol–water partition coefficient (Wildman–Crippen LogP) is 5.34. The number of carboxylic acid groups (broad SMARTS) is 1. The highest BCUT2D eigenvalue weighted by molar-refractivity contribution is 5.94. The number of carbonyl (C=O) groups excluding carboxylic acids is 2. The van der Waals surface area contributed by atoms with Crippen LogP contribution in [0.15, 0.2) is 79.1 Å². The summed E-state index contributed by atoms with van der Waals surface area (Å²) in [5.74, 6) is -3.62. The van der Waals surface area contributed by atoms with Crippen molar-refractivity contribution in [3.63, 3.8) is 0 Å². The Morgan fingerprint density at radius 1 is 0.956 bits per heavy atom. The number of nitrogens with zero attached hydrogens (tertiary/aromatic N) is 2. The largest absolute Gasteiger partial charge is 0.573 e. The Labute approximate surface area is 254 Å². The molecule has 0 fully saturated rings. The lowest BCUT2D eigenvalue weighted by Crippen LogP contribution is -2.31. The smallest absolute Gasteiger partial charge is 0.530 e. The Kier molecular flexibility index (Phi) is 11.0. The summed E-state index contributed by atoms with van der Waals surface area (Å²) in [7, 11) is 0. The molecule has 4 rings (SSSR count). The number of rotatable bonds is 8. The standard InChI is InChI=1S/C30H26F5N3O3.CH3NO2/c1-29(2,3)21-14-20(16-37-28(21)40-17-18-8-5-4-6-9-18)27(39)38-25(26-22(31)10-7-13-36-26)19-11-12-24(23(32)15-19)41-30(33,34)35;2-1(3)4/h4-16,25H,17H2,1-3H3,(H,38,39);2H2,(H,3,4)/p-1/t25-;/m0./s1. The third-order valence-corrected chi connectivity index (χ3v) is 5.99. The quantitative estimate of drug-likeness (QED) is 0.250. The summed E-state index contributed by atoms with van der Waals surface area (Å²) in [6.45, 7) is 6.00. The Balaban J connectivity index is 0.00000130. The maximum absolute atomic E-state index is 14.8. The molecule has 0 radical (unpaired) electrons. The van der Waals surface area contributed by atoms with Gasteiger partial charge in [-0.1, -0.05) is 57.2 Å². The van der Waals surface area contributed by atoms with Gasteiger partial charge in [0.1, 0.15) is 24.2 Å². The van der Waals surface area contributed by atoms with Crippen molar-refractivity contribution in [3.05, 3.63) is 119 Å². The van der Waals surface area contributed by atoms with Gasteiger partial charge in [-0.15, -0.1) is 13.2 Å². The summed E-state index contributed by atoms with van der Waals surface area (Å²) < 4.78 is 76.8. The average Bonchev–Trinajstić information content (AvgIpc) is 2.95. The molecular weight excluding hydrogens is 603 g/mol. The van der Waals surface area contributed by atoms with E-state index in [1.165, 1.54) is 18.5 Å². The fourth-order valence-corrected chi connectivity index (χ4v) is 3.99.